The molecule has 0 unspecified atom stereocenters. The number of thioether (sulfide) groups is 1. The lowest BCUT2D eigenvalue weighted by molar-refractivity contribution is -0.115. The maximum Gasteiger partial charge on any atom is 0.263 e. The van der Waals surface area contributed by atoms with Crippen LogP contribution in [0.1, 0.15) is 5.56 Å². The van der Waals surface area contributed by atoms with E-state index < -0.39 is 0 Å². The number of nitrogens with one attached hydrogen (secondary N) is 1. The average molecular weight is 295 g/mol. The molecule has 1 N–H and O–H groups in total. The van der Waals surface area contributed by atoms with Crippen molar-refractivity contribution in [3.8, 4) is 17.2 Å². The molecular formula is C12H9NO4S2. The van der Waals surface area contributed by atoms with Gasteiger partial charge in [0.05, 0.1) is 12.0 Å². The lowest BCUT2D eigenvalue weighted by Gasteiger charge is -2.06. The number of rotatable bonds is 2. The second kappa shape index (κ2) is 4.75. The highest BCUT2D eigenvalue weighted by atomic mass is 32.2. The van der Waals surface area contributed by atoms with E-state index in [2.05, 4.69) is 5.32 Å². The predicted molar refractivity (Wildman–Crippen MR) is 75.4 cm³/mol. The molecular weight excluding hydrogens is 286 g/mol. The van der Waals surface area contributed by atoms with E-state index in [-0.39, 0.29) is 12.7 Å². The minimum atomic E-state index is -0.199. The number of amides is 1. The van der Waals surface area contributed by atoms with Gasteiger partial charge < -0.3 is 19.5 Å². The molecule has 2 aliphatic rings. The van der Waals surface area contributed by atoms with Gasteiger partial charge in [0.1, 0.15) is 10.1 Å². The zero-order valence-electron chi connectivity index (χ0n) is 9.89. The number of hydrogen-bond acceptors (Lipinski definition) is 6. The van der Waals surface area contributed by atoms with Crippen molar-refractivity contribution in [1.82, 2.24) is 5.32 Å². The molecule has 0 aromatic heterocycles. The molecule has 5 nitrogen and oxygen atoms in total. The summed E-state index contributed by atoms with van der Waals surface area (Å²) in [6, 6.07) is 3.52. The maximum absolute atomic E-state index is 11.6. The Balaban J connectivity index is 2.03. The van der Waals surface area contributed by atoms with Gasteiger partial charge in [-0.3, -0.25) is 4.79 Å². The molecule has 1 saturated heterocycles. The van der Waals surface area contributed by atoms with Gasteiger partial charge in [-0.05, 0) is 12.1 Å². The molecule has 1 aromatic rings. The molecule has 0 spiro atoms. The zero-order chi connectivity index (χ0) is 13.4. The van der Waals surface area contributed by atoms with Crippen LogP contribution in [0.25, 0.3) is 6.08 Å². The molecule has 0 bridgehead atoms. The monoisotopic (exact) mass is 295 g/mol. The van der Waals surface area contributed by atoms with E-state index in [9.17, 15) is 4.79 Å². The van der Waals surface area contributed by atoms with Crippen LogP contribution >= 0.6 is 24.0 Å². The molecule has 1 aromatic carbocycles. The molecule has 0 saturated carbocycles. The summed E-state index contributed by atoms with van der Waals surface area (Å²) in [4.78, 5) is 12.2. The Morgan fingerprint density at radius 1 is 1.42 bits per heavy atom. The van der Waals surface area contributed by atoms with Crippen LogP contribution in [0.4, 0.5) is 0 Å². The van der Waals surface area contributed by atoms with E-state index in [1.807, 2.05) is 0 Å². The smallest absolute Gasteiger partial charge is 0.263 e. The minimum absolute atomic E-state index is 0.192. The first kappa shape index (κ1) is 12.3. The fraction of sp³-hybridized carbons (Fsp3) is 0.167. The van der Waals surface area contributed by atoms with Crippen LogP contribution in [-0.2, 0) is 4.79 Å². The highest BCUT2D eigenvalue weighted by Crippen LogP contribution is 2.39. The predicted octanol–water partition coefficient (Wildman–Crippen LogP) is 1.91. The van der Waals surface area contributed by atoms with Crippen molar-refractivity contribution >= 4 is 40.3 Å². The van der Waals surface area contributed by atoms with Gasteiger partial charge in [-0.25, -0.2) is 0 Å². The van der Waals surface area contributed by atoms with Gasteiger partial charge in [0.25, 0.3) is 5.91 Å². The van der Waals surface area contributed by atoms with Crippen molar-refractivity contribution in [3.63, 3.8) is 0 Å². The number of ether oxygens (including phenoxy) is 3. The van der Waals surface area contributed by atoms with Crippen molar-refractivity contribution in [2.75, 3.05) is 13.9 Å². The summed E-state index contributed by atoms with van der Waals surface area (Å²) in [5.41, 5.74) is 0.745. The van der Waals surface area contributed by atoms with Crippen molar-refractivity contribution < 1.29 is 19.0 Å². The third-order valence-corrected chi connectivity index (χ3v) is 3.82. The maximum atomic E-state index is 11.6. The van der Waals surface area contributed by atoms with Crippen LogP contribution in [-0.4, -0.2) is 24.1 Å². The fourth-order valence-electron chi connectivity index (χ4n) is 1.79. The van der Waals surface area contributed by atoms with Crippen LogP contribution in [0.3, 0.4) is 0 Å². The molecule has 19 heavy (non-hydrogen) atoms. The van der Waals surface area contributed by atoms with E-state index in [0.29, 0.717) is 26.5 Å². The van der Waals surface area contributed by atoms with Crippen LogP contribution in [0.5, 0.6) is 17.2 Å². The summed E-state index contributed by atoms with van der Waals surface area (Å²) < 4.78 is 16.3. The van der Waals surface area contributed by atoms with Crippen LogP contribution in [0, 0.1) is 0 Å². The molecule has 0 radical (unpaired) electrons. The van der Waals surface area contributed by atoms with E-state index in [1.165, 1.54) is 11.8 Å². The first-order chi connectivity index (χ1) is 9.17. The first-order valence-corrected chi connectivity index (χ1v) is 6.62. The van der Waals surface area contributed by atoms with Gasteiger partial charge >= 0.3 is 0 Å². The Morgan fingerprint density at radius 3 is 2.79 bits per heavy atom. The number of benzene rings is 1. The lowest BCUT2D eigenvalue weighted by Crippen LogP contribution is -2.17. The van der Waals surface area contributed by atoms with Crippen molar-refractivity contribution in [2.24, 2.45) is 0 Å². The summed E-state index contributed by atoms with van der Waals surface area (Å²) in [6.45, 7) is 0.192. The molecule has 1 fully saturated rings. The molecule has 0 aliphatic carbocycles. The topological polar surface area (TPSA) is 56.8 Å². The van der Waals surface area contributed by atoms with E-state index >= 15 is 0 Å². The summed E-state index contributed by atoms with van der Waals surface area (Å²) in [6.07, 6.45) is 1.72. The van der Waals surface area contributed by atoms with Crippen molar-refractivity contribution in [3.05, 3.63) is 22.6 Å². The normalized spacial score (nSPS) is 18.9. The van der Waals surface area contributed by atoms with Gasteiger partial charge in [-0.15, -0.1) is 0 Å². The van der Waals surface area contributed by atoms with Crippen LogP contribution in [0.15, 0.2) is 17.0 Å². The number of hydrogen-bond donors (Lipinski definition) is 1. The van der Waals surface area contributed by atoms with E-state index in [1.54, 1.807) is 25.3 Å². The standard InChI is InChI=1S/C12H9NO4S2/c1-15-7-4-9-8(16-5-17-9)2-6(7)3-10-11(14)13-12(18)19-10/h2-4H,5H2,1H3,(H,13,14,18)/b10-3+. The second-order valence-corrected chi connectivity index (χ2v) is 5.52. The van der Waals surface area contributed by atoms with Crippen molar-refractivity contribution in [2.45, 2.75) is 0 Å². The van der Waals surface area contributed by atoms with Gasteiger partial charge in [0.2, 0.25) is 6.79 Å². The van der Waals surface area contributed by atoms with Crippen molar-refractivity contribution in [1.29, 1.82) is 0 Å². The average Bonchev–Trinajstić information content (AvgIpc) is 2.95. The Bertz CT molecular complexity index is 612. The van der Waals surface area contributed by atoms with E-state index in [4.69, 9.17) is 26.4 Å². The fourth-order valence-corrected chi connectivity index (χ4v) is 2.83. The molecule has 7 heteroatoms. The number of carbonyl (C=O) groups is 1. The lowest BCUT2D eigenvalue weighted by atomic mass is 10.1. The largest absolute Gasteiger partial charge is 0.496 e. The van der Waals surface area contributed by atoms with Gasteiger partial charge in [-0.2, -0.15) is 0 Å². The van der Waals surface area contributed by atoms with E-state index in [0.717, 1.165) is 5.56 Å². The molecule has 2 heterocycles. The highest BCUT2D eigenvalue weighted by Gasteiger charge is 2.24. The Hall–Kier alpha value is -1.73. The number of carbonyl (C=O) groups excluding carboxylic acids is 1. The van der Waals surface area contributed by atoms with Crippen LogP contribution in [0.2, 0.25) is 0 Å². The summed E-state index contributed by atoms with van der Waals surface area (Å²) in [7, 11) is 1.56. The third-order valence-electron chi connectivity index (χ3n) is 2.65. The summed E-state index contributed by atoms with van der Waals surface area (Å²) in [5.74, 6) is 1.69. The van der Waals surface area contributed by atoms with Gasteiger partial charge in [0, 0.05) is 11.6 Å². The number of methoxy groups -OCH3 is 1. The van der Waals surface area contributed by atoms with Gasteiger partial charge in [-0.1, -0.05) is 24.0 Å². The molecule has 98 valence electrons. The SMILES string of the molecule is COc1cc2c(cc1/C=C1/SC(=S)NC1=O)OCO2. The molecule has 1 amide bonds. The molecule has 3 rings (SSSR count). The molecule has 2 aliphatic heterocycles. The Labute approximate surface area is 118 Å². The quantitative estimate of drug-likeness (QED) is 0.664. The summed E-state index contributed by atoms with van der Waals surface area (Å²) in [5, 5.41) is 2.57. The molecule has 0 atom stereocenters. The summed E-state index contributed by atoms with van der Waals surface area (Å²) >= 11 is 6.17. The highest BCUT2D eigenvalue weighted by molar-refractivity contribution is 8.26. The Morgan fingerprint density at radius 2 is 2.16 bits per heavy atom. The Kier molecular flexibility index (Phi) is 3.08. The zero-order valence-corrected chi connectivity index (χ0v) is 11.5. The second-order valence-electron chi connectivity index (χ2n) is 3.80. The number of fused-ring (bicyclic) bond motifs is 1. The van der Waals surface area contributed by atoms with Crippen LogP contribution < -0.4 is 19.5 Å². The third kappa shape index (κ3) is 2.26. The first-order valence-electron chi connectivity index (χ1n) is 5.40. The number of thiocarbonyl (C=S) groups is 1. The van der Waals surface area contributed by atoms with Gasteiger partial charge in [0.15, 0.2) is 11.5 Å². The minimum Gasteiger partial charge on any atom is -0.496 e.